The highest BCUT2D eigenvalue weighted by Gasteiger charge is 2.93. The Balaban J connectivity index is 1.69. The van der Waals surface area contributed by atoms with Gasteiger partial charge < -0.3 is 30.6 Å². The molecular formula is C28H38O6. The Morgan fingerprint density at radius 1 is 0.794 bits per heavy atom. The average Bonchev–Trinajstić information content (AvgIpc) is 2.86. The average molecular weight is 471 g/mol. The smallest absolute Gasteiger partial charge is 0.138 e. The second kappa shape index (κ2) is 9.34. The molecule has 2 aliphatic carbocycles. The summed E-state index contributed by atoms with van der Waals surface area (Å²) in [5, 5.41) is 66.5. The highest BCUT2D eigenvalue weighted by atomic mass is 16.5. The summed E-state index contributed by atoms with van der Waals surface area (Å²) < 4.78 is 0. The zero-order valence-corrected chi connectivity index (χ0v) is 20.1. The molecule has 2 aromatic carbocycles. The van der Waals surface area contributed by atoms with Gasteiger partial charge in [0.2, 0.25) is 0 Å². The van der Waals surface area contributed by atoms with E-state index in [2.05, 4.69) is 13.8 Å². The number of hydrogen-bond donors (Lipinski definition) is 6. The summed E-state index contributed by atoms with van der Waals surface area (Å²) in [6.45, 7) is 3.44. The van der Waals surface area contributed by atoms with E-state index in [4.69, 9.17) is 0 Å². The Bertz CT molecular complexity index is 973. The van der Waals surface area contributed by atoms with Crippen molar-refractivity contribution in [3.05, 3.63) is 70.8 Å². The van der Waals surface area contributed by atoms with Gasteiger partial charge in [-0.1, -0.05) is 75.2 Å². The lowest BCUT2D eigenvalue weighted by molar-refractivity contribution is -0.459. The molecular weight excluding hydrogens is 432 g/mol. The highest BCUT2D eigenvalue weighted by molar-refractivity contribution is 5.56. The summed E-state index contributed by atoms with van der Waals surface area (Å²) in [4.78, 5) is 0. The molecule has 0 aromatic heterocycles. The third-order valence-electron chi connectivity index (χ3n) is 8.29. The van der Waals surface area contributed by atoms with Crippen molar-refractivity contribution in [2.75, 3.05) is 6.61 Å². The first kappa shape index (κ1) is 25.3. The van der Waals surface area contributed by atoms with Crippen molar-refractivity contribution >= 4 is 0 Å². The SMILES string of the molecule is CCCCc1ccc(C2C(O)[C@@]3(O)C(c4ccc(CCCC)cc4)[C@@](O)([C@H](O)CO)[C@@]23O)cc1. The van der Waals surface area contributed by atoms with Crippen LogP contribution in [0.2, 0.25) is 0 Å². The van der Waals surface area contributed by atoms with Crippen LogP contribution >= 0.6 is 0 Å². The van der Waals surface area contributed by atoms with Crippen LogP contribution in [-0.4, -0.2) is 66.3 Å². The number of rotatable bonds is 10. The molecule has 0 bridgehead atoms. The van der Waals surface area contributed by atoms with Crippen LogP contribution in [0.4, 0.5) is 0 Å². The second-order valence-corrected chi connectivity index (χ2v) is 10.2. The van der Waals surface area contributed by atoms with E-state index < -0.39 is 47.5 Å². The molecule has 6 nitrogen and oxygen atoms in total. The fraction of sp³-hybridized carbons (Fsp3) is 0.571. The lowest BCUT2D eigenvalue weighted by atomic mass is 9.30. The zero-order valence-electron chi connectivity index (χ0n) is 20.1. The fourth-order valence-corrected chi connectivity index (χ4v) is 6.35. The number of aliphatic hydroxyl groups excluding tert-OH is 3. The Morgan fingerprint density at radius 2 is 1.26 bits per heavy atom. The van der Waals surface area contributed by atoms with E-state index in [0.29, 0.717) is 11.1 Å². The van der Waals surface area contributed by atoms with Gasteiger partial charge in [-0.25, -0.2) is 0 Å². The van der Waals surface area contributed by atoms with Gasteiger partial charge in [-0.3, -0.25) is 0 Å². The fourth-order valence-electron chi connectivity index (χ4n) is 6.35. The van der Waals surface area contributed by atoms with Gasteiger partial charge in [-0.2, -0.15) is 0 Å². The lowest BCUT2D eigenvalue weighted by Crippen LogP contribution is -2.99. The van der Waals surface area contributed by atoms with Gasteiger partial charge in [0.15, 0.2) is 0 Å². The minimum Gasteiger partial charge on any atom is -0.394 e. The standard InChI is InChI=1S/C28H38O6/c1-3-5-7-18-9-13-20(14-10-18)23-25(31)27(33)24(26(32,22(30)17-29)28(23,27)34)21-15-11-19(12-16-21)8-6-4-2/h9-16,22-25,29-34H,3-8,17H2,1-2H3/t22-,23?,24?,25?,26+,27+,28+/m1/s1. The van der Waals surface area contributed by atoms with E-state index in [-0.39, 0.29) is 0 Å². The number of hydrogen-bond acceptors (Lipinski definition) is 6. The minimum absolute atomic E-state index is 0.495. The number of benzene rings is 2. The Hall–Kier alpha value is -1.80. The second-order valence-electron chi connectivity index (χ2n) is 10.2. The van der Waals surface area contributed by atoms with Crippen LogP contribution in [0.25, 0.3) is 0 Å². The van der Waals surface area contributed by atoms with E-state index in [1.165, 1.54) is 0 Å². The number of aliphatic hydroxyl groups is 6. The first-order valence-corrected chi connectivity index (χ1v) is 12.5. The van der Waals surface area contributed by atoms with E-state index >= 15 is 0 Å². The van der Waals surface area contributed by atoms with Crippen molar-refractivity contribution in [1.82, 2.24) is 0 Å². The molecule has 186 valence electrons. The summed E-state index contributed by atoms with van der Waals surface area (Å²) in [5.74, 6) is -2.17. The largest absolute Gasteiger partial charge is 0.394 e. The normalized spacial score (nSPS) is 35.2. The van der Waals surface area contributed by atoms with Crippen LogP contribution in [0, 0.1) is 0 Å². The van der Waals surface area contributed by atoms with Gasteiger partial charge in [-0.15, -0.1) is 0 Å². The molecule has 7 atom stereocenters. The zero-order chi connectivity index (χ0) is 24.7. The third-order valence-corrected chi connectivity index (χ3v) is 8.29. The maximum absolute atomic E-state index is 11.7. The number of unbranched alkanes of at least 4 members (excludes halogenated alkanes) is 2. The van der Waals surface area contributed by atoms with Crippen LogP contribution in [0.3, 0.4) is 0 Å². The lowest BCUT2D eigenvalue weighted by Gasteiger charge is -2.80. The topological polar surface area (TPSA) is 121 Å². The molecule has 2 aromatic rings. The molecule has 2 saturated carbocycles. The molecule has 3 unspecified atom stereocenters. The van der Waals surface area contributed by atoms with Gasteiger partial charge in [0.05, 0.1) is 18.6 Å². The van der Waals surface area contributed by atoms with Crippen LogP contribution in [-0.2, 0) is 12.8 Å². The van der Waals surface area contributed by atoms with E-state index in [1.54, 1.807) is 24.3 Å². The van der Waals surface area contributed by atoms with Crippen molar-refractivity contribution < 1.29 is 30.6 Å². The van der Waals surface area contributed by atoms with Gasteiger partial charge >= 0.3 is 0 Å². The van der Waals surface area contributed by atoms with Crippen LogP contribution in [0.5, 0.6) is 0 Å². The Kier molecular flexibility index (Phi) is 6.95. The molecule has 0 heterocycles. The summed E-state index contributed by atoms with van der Waals surface area (Å²) in [6, 6.07) is 14.7. The van der Waals surface area contributed by atoms with Crippen molar-refractivity contribution in [2.24, 2.45) is 0 Å². The molecule has 0 radical (unpaired) electrons. The monoisotopic (exact) mass is 470 g/mol. The number of aryl methyl sites for hydroxylation is 2. The van der Waals surface area contributed by atoms with Crippen LogP contribution in [0.1, 0.15) is 73.6 Å². The summed E-state index contributed by atoms with van der Waals surface area (Å²) >= 11 is 0. The van der Waals surface area contributed by atoms with E-state index in [1.807, 2.05) is 24.3 Å². The molecule has 2 aliphatic rings. The highest BCUT2D eigenvalue weighted by Crippen LogP contribution is 2.75. The molecule has 0 saturated heterocycles. The molecule has 34 heavy (non-hydrogen) atoms. The Labute approximate surface area is 201 Å². The van der Waals surface area contributed by atoms with Crippen molar-refractivity contribution in [1.29, 1.82) is 0 Å². The third kappa shape index (κ3) is 3.31. The van der Waals surface area contributed by atoms with E-state index in [9.17, 15) is 30.6 Å². The van der Waals surface area contributed by atoms with Crippen molar-refractivity contribution in [2.45, 2.75) is 93.2 Å². The molecule has 2 fully saturated rings. The van der Waals surface area contributed by atoms with Gasteiger partial charge in [-0.05, 0) is 47.9 Å². The number of fused-ring (bicyclic) bond motifs is 1. The maximum atomic E-state index is 11.7. The quantitative estimate of drug-likeness (QED) is 0.317. The molecule has 6 heteroatoms. The maximum Gasteiger partial charge on any atom is 0.138 e. The molecule has 0 amide bonds. The van der Waals surface area contributed by atoms with Gasteiger partial charge in [0, 0.05) is 5.92 Å². The summed E-state index contributed by atoms with van der Waals surface area (Å²) in [7, 11) is 0. The first-order chi connectivity index (χ1) is 16.2. The van der Waals surface area contributed by atoms with Gasteiger partial charge in [0.1, 0.15) is 22.9 Å². The molecule has 4 rings (SSSR count). The van der Waals surface area contributed by atoms with Crippen LogP contribution in [0.15, 0.2) is 48.5 Å². The van der Waals surface area contributed by atoms with Crippen LogP contribution < -0.4 is 0 Å². The summed E-state index contributed by atoms with van der Waals surface area (Å²) in [6.07, 6.45) is 2.99. The first-order valence-electron chi connectivity index (χ1n) is 12.5. The predicted molar refractivity (Wildman–Crippen MR) is 130 cm³/mol. The summed E-state index contributed by atoms with van der Waals surface area (Å²) in [5.41, 5.74) is -3.24. The van der Waals surface area contributed by atoms with Crippen molar-refractivity contribution in [3.8, 4) is 0 Å². The molecule has 0 aliphatic heterocycles. The molecule has 0 spiro atoms. The van der Waals surface area contributed by atoms with Gasteiger partial charge in [0.25, 0.3) is 0 Å². The van der Waals surface area contributed by atoms with Crippen molar-refractivity contribution in [3.63, 3.8) is 0 Å². The predicted octanol–water partition coefficient (Wildman–Crippen LogP) is 2.17. The Morgan fingerprint density at radius 3 is 1.71 bits per heavy atom. The molecule has 6 N–H and O–H groups in total. The minimum atomic E-state index is -2.24. The van der Waals surface area contributed by atoms with E-state index in [0.717, 1.165) is 49.7 Å².